The molecule has 5 aromatic rings. The molecular weight excluding hydrogens is 553 g/mol. The fraction of sp³-hybridized carbons (Fsp3) is 0.133. The van der Waals surface area contributed by atoms with Gasteiger partial charge in [0, 0.05) is 0 Å². The van der Waals surface area contributed by atoms with Gasteiger partial charge in [0.1, 0.15) is 0 Å². The first kappa shape index (κ1) is 22.9. The van der Waals surface area contributed by atoms with Crippen molar-refractivity contribution >= 4 is 29.1 Å². The van der Waals surface area contributed by atoms with Gasteiger partial charge in [-0.15, -0.1) is 0 Å². The Morgan fingerprint density at radius 2 is 1.03 bits per heavy atom. The molecule has 0 amide bonds. The number of nitrogens with zero attached hydrogens (tertiary/aromatic N) is 3. The zero-order chi connectivity index (χ0) is 24.7. The molecule has 0 radical (unpaired) electrons. The Morgan fingerprint density at radius 3 is 1.44 bits per heavy atom. The number of fused-ring (bicyclic) bond motifs is 1. The van der Waals surface area contributed by atoms with Crippen molar-refractivity contribution < 1.29 is 0 Å². The van der Waals surface area contributed by atoms with Crippen LogP contribution in [0.2, 0.25) is 3.93 Å². The molecule has 2 atom stereocenters. The Morgan fingerprint density at radius 1 is 0.611 bits per heavy atom. The summed E-state index contributed by atoms with van der Waals surface area (Å²) >= 11 is -3.77. The van der Waals surface area contributed by atoms with Crippen LogP contribution in [0.1, 0.15) is 13.0 Å². The Balaban J connectivity index is 1.61. The summed E-state index contributed by atoms with van der Waals surface area (Å²) in [6.45, 7) is 2.63. The summed E-state index contributed by atoms with van der Waals surface area (Å²) < 4.78 is 8.88. The van der Waals surface area contributed by atoms with Crippen LogP contribution in [0, 0.1) is 0 Å². The summed E-state index contributed by atoms with van der Waals surface area (Å²) in [5, 5.41) is 0. The Labute approximate surface area is 213 Å². The van der Waals surface area contributed by atoms with Gasteiger partial charge in [-0.2, -0.15) is 0 Å². The van der Waals surface area contributed by atoms with Crippen LogP contribution < -0.4 is 22.1 Å². The van der Waals surface area contributed by atoms with E-state index in [4.69, 9.17) is 0 Å². The third-order valence-corrected chi connectivity index (χ3v) is 23.4. The second kappa shape index (κ2) is 9.13. The topological polar surface area (TPSA) is 48.9 Å². The summed E-state index contributed by atoms with van der Waals surface area (Å²) in [6, 6.07) is 41.4. The molecule has 0 fully saturated rings. The summed E-state index contributed by atoms with van der Waals surface area (Å²) in [5.41, 5.74) is 0.0695. The summed E-state index contributed by atoms with van der Waals surface area (Å²) in [6.07, 6.45) is 0. The minimum atomic E-state index is -3.77. The van der Waals surface area contributed by atoms with E-state index in [-0.39, 0.29) is 21.4 Å². The average molecular weight is 580 g/mol. The van der Waals surface area contributed by atoms with E-state index in [2.05, 4.69) is 97.9 Å². The van der Waals surface area contributed by atoms with Crippen molar-refractivity contribution in [1.82, 2.24) is 13.9 Å². The van der Waals surface area contributed by atoms with Gasteiger partial charge in [0.2, 0.25) is 0 Å². The van der Waals surface area contributed by atoms with Crippen molar-refractivity contribution in [3.05, 3.63) is 142 Å². The van der Waals surface area contributed by atoms with Gasteiger partial charge in [-0.1, -0.05) is 0 Å². The predicted molar refractivity (Wildman–Crippen MR) is 147 cm³/mol. The van der Waals surface area contributed by atoms with E-state index in [0.717, 1.165) is 0 Å². The average Bonchev–Trinajstić information content (AvgIpc) is 3.41. The van der Waals surface area contributed by atoms with Crippen LogP contribution in [-0.4, -0.2) is 32.3 Å². The van der Waals surface area contributed by atoms with Crippen molar-refractivity contribution in [2.75, 3.05) is 0 Å². The molecule has 36 heavy (non-hydrogen) atoms. The molecule has 0 spiro atoms. The van der Waals surface area contributed by atoms with Gasteiger partial charge in [-0.05, 0) is 0 Å². The number of benzene rings is 4. The van der Waals surface area contributed by atoms with Gasteiger partial charge in [0.15, 0.2) is 0 Å². The third-order valence-electron chi connectivity index (χ3n) is 7.66. The normalized spacial score (nSPS) is 17.1. The van der Waals surface area contributed by atoms with E-state index in [0.29, 0.717) is 12.2 Å². The molecule has 0 bridgehead atoms. The van der Waals surface area contributed by atoms with E-state index in [1.807, 2.05) is 30.3 Å². The first-order valence-electron chi connectivity index (χ1n) is 12.3. The molecule has 178 valence electrons. The maximum atomic E-state index is 13.7. The Hall–Kier alpha value is -3.58. The van der Waals surface area contributed by atoms with Gasteiger partial charge < -0.3 is 0 Å². The second-order valence-corrected chi connectivity index (χ2v) is 21.1. The van der Waals surface area contributed by atoms with E-state index < -0.39 is 18.4 Å². The van der Waals surface area contributed by atoms with Crippen LogP contribution in [0.15, 0.2) is 131 Å². The quantitative estimate of drug-likeness (QED) is 0.301. The molecular formula is C30H27N3O2Sn. The zero-order valence-corrected chi connectivity index (χ0v) is 22.9. The van der Waals surface area contributed by atoms with Crippen LogP contribution in [0.25, 0.3) is 5.69 Å². The van der Waals surface area contributed by atoms with Gasteiger partial charge >= 0.3 is 214 Å². The van der Waals surface area contributed by atoms with Crippen molar-refractivity contribution in [3.63, 3.8) is 0 Å². The van der Waals surface area contributed by atoms with Crippen LogP contribution in [0.4, 0.5) is 0 Å². The van der Waals surface area contributed by atoms with Gasteiger partial charge in [0.05, 0.1) is 0 Å². The standard InChI is InChI=1S/C12H12N3O2.3C6H5.Sn/c1-9-7-8-13-11(16)14(12(17)15(9)13)10-5-3-2-4-6-10;3*1-2-4-6-5-3-1;/h2-7,9H,8H2,1H3;3*1-5H;/t9-;;;;/m0..../s1. The predicted octanol–water partition coefficient (Wildman–Crippen LogP) is 2.92. The molecule has 5 nitrogen and oxygen atoms in total. The molecule has 6 heteroatoms. The molecule has 6 rings (SSSR count). The maximum absolute atomic E-state index is 13.7. The Bertz CT molecular complexity index is 1510. The van der Waals surface area contributed by atoms with Crippen LogP contribution in [0.5, 0.6) is 0 Å². The Kier molecular flexibility index (Phi) is 5.80. The van der Waals surface area contributed by atoms with Crippen LogP contribution >= 0.6 is 0 Å². The van der Waals surface area contributed by atoms with Gasteiger partial charge in [-0.25, -0.2) is 0 Å². The zero-order valence-electron chi connectivity index (χ0n) is 20.1. The number of aromatic nitrogens is 3. The molecule has 0 aliphatic carbocycles. The molecule has 1 aliphatic rings. The van der Waals surface area contributed by atoms with Crippen LogP contribution in [-0.2, 0) is 6.54 Å². The second-order valence-electron chi connectivity index (χ2n) is 9.42. The van der Waals surface area contributed by atoms with Gasteiger partial charge in [-0.3, -0.25) is 0 Å². The molecule has 0 unspecified atom stereocenters. The first-order chi connectivity index (χ1) is 17.6. The monoisotopic (exact) mass is 581 g/mol. The molecule has 2 heterocycles. The van der Waals surface area contributed by atoms with E-state index >= 15 is 0 Å². The van der Waals surface area contributed by atoms with Crippen molar-refractivity contribution in [3.8, 4) is 5.69 Å². The summed E-state index contributed by atoms with van der Waals surface area (Å²) in [4.78, 5) is 27.3. The van der Waals surface area contributed by atoms with Crippen molar-refractivity contribution in [1.29, 1.82) is 0 Å². The molecule has 0 saturated carbocycles. The fourth-order valence-electron chi connectivity index (χ4n) is 6.11. The number of para-hydroxylation sites is 1. The molecule has 0 N–H and O–H groups in total. The van der Waals surface area contributed by atoms with E-state index in [1.54, 1.807) is 9.36 Å². The van der Waals surface area contributed by atoms with E-state index in [1.165, 1.54) is 15.3 Å². The number of rotatable bonds is 5. The third kappa shape index (κ3) is 3.37. The van der Waals surface area contributed by atoms with E-state index in [9.17, 15) is 9.59 Å². The van der Waals surface area contributed by atoms with Crippen molar-refractivity contribution in [2.45, 2.75) is 23.4 Å². The summed E-state index contributed by atoms with van der Waals surface area (Å²) in [7, 11) is 0. The van der Waals surface area contributed by atoms with Crippen LogP contribution in [0.3, 0.4) is 0 Å². The van der Waals surface area contributed by atoms with Gasteiger partial charge in [0.25, 0.3) is 0 Å². The summed E-state index contributed by atoms with van der Waals surface area (Å²) in [5.74, 6) is 0. The molecule has 4 aromatic carbocycles. The molecule has 0 saturated heterocycles. The van der Waals surface area contributed by atoms with Crippen molar-refractivity contribution in [2.24, 2.45) is 0 Å². The molecule has 1 aliphatic heterocycles. The number of hydrogen-bond donors (Lipinski definition) is 0. The molecule has 1 aromatic heterocycles. The first-order valence-corrected chi connectivity index (χ1v) is 18.2. The minimum absolute atomic E-state index is 0.133. The SMILES string of the molecule is C[C@H]1[C@@H]([Sn]([c]2ccccc2)([c]2ccccc2)[c]2ccccc2)Cn2c(=O)n(-c3ccccc3)c(=O)n21. The number of hydrogen-bond acceptors (Lipinski definition) is 2. The fourth-order valence-corrected chi connectivity index (χ4v) is 22.5.